The van der Waals surface area contributed by atoms with Crippen LogP contribution in [0.5, 0.6) is 0 Å². The predicted molar refractivity (Wildman–Crippen MR) is 69.1 cm³/mol. The van der Waals surface area contributed by atoms with Crippen molar-refractivity contribution in [2.75, 3.05) is 0 Å². The number of benzene rings is 1. The third-order valence-corrected chi connectivity index (χ3v) is 3.05. The molecule has 0 radical (unpaired) electrons. The van der Waals surface area contributed by atoms with Crippen LogP contribution in [0.1, 0.15) is 22.9 Å². The van der Waals surface area contributed by atoms with Crippen LogP contribution in [0.2, 0.25) is 5.02 Å². The van der Waals surface area contributed by atoms with E-state index >= 15 is 0 Å². The molecule has 3 heteroatoms. The minimum Gasteiger partial charge on any atom is -0.388 e. The second kappa shape index (κ2) is 5.30. The lowest BCUT2D eigenvalue weighted by atomic mass is 10.0. The van der Waals surface area contributed by atoms with Crippen LogP contribution in [0, 0.1) is 6.92 Å². The Balaban J connectivity index is 2.17. The average Bonchev–Trinajstić information content (AvgIpc) is 2.32. The molecule has 0 aliphatic carbocycles. The van der Waals surface area contributed by atoms with Gasteiger partial charge < -0.3 is 5.11 Å². The molecule has 0 spiro atoms. The highest BCUT2D eigenvalue weighted by atomic mass is 35.5. The first-order chi connectivity index (χ1) is 8.16. The lowest BCUT2D eigenvalue weighted by Gasteiger charge is -2.12. The highest BCUT2D eigenvalue weighted by Crippen LogP contribution is 2.23. The van der Waals surface area contributed by atoms with Gasteiger partial charge in [0.2, 0.25) is 0 Å². The third-order valence-electron chi connectivity index (χ3n) is 2.68. The molecule has 2 nitrogen and oxygen atoms in total. The Bertz CT molecular complexity index is 513. The monoisotopic (exact) mass is 247 g/mol. The van der Waals surface area contributed by atoms with Gasteiger partial charge in [-0.3, -0.25) is 4.98 Å². The maximum absolute atomic E-state index is 10.1. The van der Waals surface area contributed by atoms with Crippen LogP contribution >= 0.6 is 11.6 Å². The molecule has 0 bridgehead atoms. The van der Waals surface area contributed by atoms with Crippen molar-refractivity contribution in [1.29, 1.82) is 0 Å². The molecule has 17 heavy (non-hydrogen) atoms. The molecule has 1 aromatic heterocycles. The van der Waals surface area contributed by atoms with E-state index in [0.29, 0.717) is 11.4 Å². The van der Waals surface area contributed by atoms with E-state index in [9.17, 15) is 5.11 Å². The van der Waals surface area contributed by atoms with Gasteiger partial charge in [-0.05, 0) is 36.2 Å². The molecule has 0 amide bonds. The summed E-state index contributed by atoms with van der Waals surface area (Å²) < 4.78 is 0. The first-order valence-electron chi connectivity index (χ1n) is 5.51. The van der Waals surface area contributed by atoms with Gasteiger partial charge in [0.25, 0.3) is 0 Å². The Labute approximate surface area is 106 Å². The Kier molecular flexibility index (Phi) is 3.77. The highest BCUT2D eigenvalue weighted by molar-refractivity contribution is 6.31. The van der Waals surface area contributed by atoms with Gasteiger partial charge in [0.1, 0.15) is 0 Å². The summed E-state index contributed by atoms with van der Waals surface area (Å²) in [5, 5.41) is 10.8. The smallest absolute Gasteiger partial charge is 0.0832 e. The van der Waals surface area contributed by atoms with Crippen LogP contribution in [0.4, 0.5) is 0 Å². The molecule has 0 aliphatic rings. The minimum absolute atomic E-state index is 0.517. The molecule has 1 aromatic carbocycles. The first-order valence-corrected chi connectivity index (χ1v) is 5.88. The fraction of sp³-hybridized carbons (Fsp3) is 0.214. The fourth-order valence-corrected chi connectivity index (χ4v) is 1.98. The van der Waals surface area contributed by atoms with Gasteiger partial charge in [-0.25, -0.2) is 0 Å². The number of pyridine rings is 1. The number of halogens is 1. The highest BCUT2D eigenvalue weighted by Gasteiger charge is 2.10. The van der Waals surface area contributed by atoms with Crippen molar-refractivity contribution in [2.45, 2.75) is 19.4 Å². The van der Waals surface area contributed by atoms with Gasteiger partial charge in [-0.15, -0.1) is 0 Å². The summed E-state index contributed by atoms with van der Waals surface area (Å²) in [6.07, 6.45) is 1.68. The SMILES string of the molecule is Cc1cc(C(O)Cc2ccccc2Cl)ccn1. The van der Waals surface area contributed by atoms with Gasteiger partial charge in [0.05, 0.1) is 6.10 Å². The quantitative estimate of drug-likeness (QED) is 0.903. The molecule has 0 fully saturated rings. The number of hydrogen-bond donors (Lipinski definition) is 1. The van der Waals surface area contributed by atoms with Gasteiger partial charge in [0, 0.05) is 23.3 Å². The van der Waals surface area contributed by atoms with E-state index in [1.807, 2.05) is 43.3 Å². The van der Waals surface area contributed by atoms with E-state index < -0.39 is 6.10 Å². The number of aliphatic hydroxyl groups excluding tert-OH is 1. The van der Waals surface area contributed by atoms with Gasteiger partial charge >= 0.3 is 0 Å². The molecule has 2 aromatic rings. The second-order valence-corrected chi connectivity index (χ2v) is 4.45. The predicted octanol–water partition coefficient (Wildman–Crippen LogP) is 3.32. The lowest BCUT2D eigenvalue weighted by molar-refractivity contribution is 0.178. The molecule has 0 saturated heterocycles. The zero-order chi connectivity index (χ0) is 12.3. The Hall–Kier alpha value is -1.38. The largest absolute Gasteiger partial charge is 0.388 e. The van der Waals surface area contributed by atoms with E-state index in [-0.39, 0.29) is 0 Å². The average molecular weight is 248 g/mol. The van der Waals surface area contributed by atoms with Gasteiger partial charge in [-0.1, -0.05) is 29.8 Å². The number of nitrogens with zero attached hydrogens (tertiary/aromatic N) is 1. The summed E-state index contributed by atoms with van der Waals surface area (Å²) in [4.78, 5) is 4.11. The van der Waals surface area contributed by atoms with Crippen molar-refractivity contribution in [3.63, 3.8) is 0 Å². The lowest BCUT2D eigenvalue weighted by Crippen LogP contribution is -2.03. The van der Waals surface area contributed by atoms with Crippen molar-refractivity contribution in [2.24, 2.45) is 0 Å². The number of aliphatic hydroxyl groups is 1. The summed E-state index contributed by atoms with van der Waals surface area (Å²) in [7, 11) is 0. The zero-order valence-corrected chi connectivity index (χ0v) is 10.4. The molecule has 0 saturated carbocycles. The van der Waals surface area contributed by atoms with Crippen molar-refractivity contribution in [3.05, 3.63) is 64.4 Å². The summed E-state index contributed by atoms with van der Waals surface area (Å²) >= 11 is 6.06. The maximum Gasteiger partial charge on any atom is 0.0832 e. The summed E-state index contributed by atoms with van der Waals surface area (Å²) in [5.74, 6) is 0. The van der Waals surface area contributed by atoms with E-state index in [2.05, 4.69) is 4.98 Å². The van der Waals surface area contributed by atoms with E-state index in [0.717, 1.165) is 16.8 Å². The third kappa shape index (κ3) is 3.05. The molecule has 1 unspecified atom stereocenters. The topological polar surface area (TPSA) is 33.1 Å². The summed E-state index contributed by atoms with van der Waals surface area (Å²) in [6.45, 7) is 1.91. The number of aromatic nitrogens is 1. The van der Waals surface area contributed by atoms with Crippen molar-refractivity contribution in [3.8, 4) is 0 Å². The molecule has 1 N–H and O–H groups in total. The zero-order valence-electron chi connectivity index (χ0n) is 9.60. The van der Waals surface area contributed by atoms with Crippen LogP contribution < -0.4 is 0 Å². The summed E-state index contributed by atoms with van der Waals surface area (Å²) in [5.41, 5.74) is 2.73. The summed E-state index contributed by atoms with van der Waals surface area (Å²) in [6, 6.07) is 11.3. The van der Waals surface area contributed by atoms with E-state index in [1.54, 1.807) is 6.20 Å². The van der Waals surface area contributed by atoms with Crippen molar-refractivity contribution >= 4 is 11.6 Å². The molecular formula is C14H14ClNO. The van der Waals surface area contributed by atoms with Gasteiger partial charge in [-0.2, -0.15) is 0 Å². The van der Waals surface area contributed by atoms with Crippen LogP contribution in [-0.2, 0) is 6.42 Å². The molecule has 1 heterocycles. The normalized spacial score (nSPS) is 12.4. The first kappa shape index (κ1) is 12.1. The fourth-order valence-electron chi connectivity index (χ4n) is 1.76. The number of rotatable bonds is 3. The molecule has 2 rings (SSSR count). The number of aryl methyl sites for hydroxylation is 1. The molecule has 0 aliphatic heterocycles. The minimum atomic E-state index is -0.545. The van der Waals surface area contributed by atoms with Gasteiger partial charge in [0.15, 0.2) is 0 Å². The Morgan fingerprint density at radius 2 is 2.06 bits per heavy atom. The van der Waals surface area contributed by atoms with Crippen molar-refractivity contribution in [1.82, 2.24) is 4.98 Å². The Morgan fingerprint density at radius 1 is 1.29 bits per heavy atom. The van der Waals surface area contributed by atoms with Crippen LogP contribution in [0.3, 0.4) is 0 Å². The molecule has 88 valence electrons. The molecular weight excluding hydrogens is 234 g/mol. The number of hydrogen-bond acceptors (Lipinski definition) is 2. The standard InChI is InChI=1S/C14H14ClNO/c1-10-8-12(6-7-16-10)14(17)9-11-4-2-3-5-13(11)15/h2-8,14,17H,9H2,1H3. The van der Waals surface area contributed by atoms with E-state index in [1.165, 1.54) is 0 Å². The van der Waals surface area contributed by atoms with Crippen LogP contribution in [-0.4, -0.2) is 10.1 Å². The van der Waals surface area contributed by atoms with E-state index in [4.69, 9.17) is 11.6 Å². The van der Waals surface area contributed by atoms with Crippen molar-refractivity contribution < 1.29 is 5.11 Å². The van der Waals surface area contributed by atoms with Crippen LogP contribution in [0.25, 0.3) is 0 Å². The maximum atomic E-state index is 10.1. The molecule has 1 atom stereocenters. The van der Waals surface area contributed by atoms with Crippen LogP contribution in [0.15, 0.2) is 42.6 Å². The Morgan fingerprint density at radius 3 is 2.76 bits per heavy atom. The second-order valence-electron chi connectivity index (χ2n) is 4.04.